The van der Waals surface area contributed by atoms with Gasteiger partial charge in [-0.25, -0.2) is 0 Å². The minimum Gasteiger partial charge on any atom is -0.493 e. The van der Waals surface area contributed by atoms with Crippen LogP contribution in [0.5, 0.6) is 5.75 Å². The van der Waals surface area contributed by atoms with Crippen molar-refractivity contribution in [1.82, 2.24) is 0 Å². The van der Waals surface area contributed by atoms with Crippen molar-refractivity contribution in [2.75, 3.05) is 13.2 Å². The molecule has 0 aliphatic heterocycles. The van der Waals surface area contributed by atoms with E-state index in [1.54, 1.807) is 0 Å². The van der Waals surface area contributed by atoms with Crippen molar-refractivity contribution in [2.24, 2.45) is 11.7 Å². The predicted molar refractivity (Wildman–Crippen MR) is 62.7 cm³/mol. The average Bonchev–Trinajstić information content (AvgIpc) is 2.25. The van der Waals surface area contributed by atoms with Crippen LogP contribution in [0.15, 0.2) is 24.3 Å². The number of benzene rings is 1. The van der Waals surface area contributed by atoms with Crippen LogP contribution in [0.25, 0.3) is 0 Å². The lowest BCUT2D eigenvalue weighted by molar-refractivity contribution is 0.271. The molecule has 0 unspecified atom stereocenters. The van der Waals surface area contributed by atoms with Crippen LogP contribution in [-0.4, -0.2) is 13.2 Å². The summed E-state index contributed by atoms with van der Waals surface area (Å²) in [5.41, 5.74) is 6.26. The van der Waals surface area contributed by atoms with Crippen LogP contribution >= 0.6 is 0 Å². The molecule has 0 aliphatic rings. The lowest BCUT2D eigenvalue weighted by Crippen LogP contribution is -2.04. The van der Waals surface area contributed by atoms with Gasteiger partial charge >= 0.3 is 0 Å². The highest BCUT2D eigenvalue weighted by Gasteiger charge is 1.96. The number of ether oxygens (including phenoxy) is 1. The minimum atomic E-state index is 0.394. The highest BCUT2D eigenvalue weighted by molar-refractivity contribution is 5.38. The first-order valence-electron chi connectivity index (χ1n) is 5.14. The van der Waals surface area contributed by atoms with Crippen LogP contribution in [-0.2, 0) is 0 Å². The maximum absolute atomic E-state index is 5.55. The van der Waals surface area contributed by atoms with Gasteiger partial charge in [0.25, 0.3) is 0 Å². The highest BCUT2D eigenvalue weighted by atomic mass is 16.5. The Kier molecular flexibility index (Phi) is 4.73. The van der Waals surface area contributed by atoms with E-state index in [0.717, 1.165) is 17.9 Å². The first-order chi connectivity index (χ1) is 7.22. The fourth-order valence-corrected chi connectivity index (χ4v) is 1.05. The van der Waals surface area contributed by atoms with Gasteiger partial charge in [-0.15, -0.1) is 0 Å². The van der Waals surface area contributed by atoms with Crippen LogP contribution in [0.1, 0.15) is 19.4 Å². The second kappa shape index (κ2) is 6.10. The number of rotatable bonds is 3. The van der Waals surface area contributed by atoms with E-state index in [1.165, 1.54) is 0 Å². The van der Waals surface area contributed by atoms with Gasteiger partial charge in [-0.3, -0.25) is 0 Å². The smallest absolute Gasteiger partial charge is 0.119 e. The van der Waals surface area contributed by atoms with Gasteiger partial charge < -0.3 is 10.5 Å². The summed E-state index contributed by atoms with van der Waals surface area (Å²) in [6.07, 6.45) is 0. The summed E-state index contributed by atoms with van der Waals surface area (Å²) in [6.45, 7) is 5.39. The molecule has 0 atom stereocenters. The Labute approximate surface area is 91.4 Å². The van der Waals surface area contributed by atoms with Crippen molar-refractivity contribution < 1.29 is 4.74 Å². The van der Waals surface area contributed by atoms with Gasteiger partial charge in [0.1, 0.15) is 5.75 Å². The van der Waals surface area contributed by atoms with Crippen LogP contribution in [0.4, 0.5) is 0 Å². The Bertz CT molecular complexity index is 343. The van der Waals surface area contributed by atoms with E-state index in [-0.39, 0.29) is 0 Å². The topological polar surface area (TPSA) is 35.2 Å². The zero-order chi connectivity index (χ0) is 11.1. The number of nitrogens with two attached hydrogens (primary N) is 1. The summed E-state index contributed by atoms with van der Waals surface area (Å²) >= 11 is 0. The van der Waals surface area contributed by atoms with Gasteiger partial charge in [-0.2, -0.15) is 0 Å². The van der Waals surface area contributed by atoms with E-state index in [9.17, 15) is 0 Å². The van der Waals surface area contributed by atoms with E-state index in [1.807, 2.05) is 24.3 Å². The van der Waals surface area contributed by atoms with E-state index in [0.29, 0.717) is 12.5 Å². The lowest BCUT2D eigenvalue weighted by Gasteiger charge is -2.07. The van der Waals surface area contributed by atoms with Crippen molar-refractivity contribution >= 4 is 0 Å². The van der Waals surface area contributed by atoms with E-state index in [4.69, 9.17) is 10.5 Å². The van der Waals surface area contributed by atoms with E-state index >= 15 is 0 Å². The molecule has 1 aromatic carbocycles. The fourth-order valence-electron chi connectivity index (χ4n) is 1.05. The number of hydrogen-bond acceptors (Lipinski definition) is 2. The standard InChI is InChI=1S/C13H17NO/c1-11(2)10-15-13-7-5-12(6-8-13)4-3-9-14/h5-8,11H,9-10,14H2,1-2H3. The molecule has 0 saturated carbocycles. The molecule has 2 heteroatoms. The Balaban J connectivity index is 2.56. The Hall–Kier alpha value is -1.46. The Morgan fingerprint density at radius 1 is 1.27 bits per heavy atom. The Morgan fingerprint density at radius 3 is 2.47 bits per heavy atom. The molecule has 0 bridgehead atoms. The first kappa shape index (κ1) is 11.6. The molecule has 80 valence electrons. The summed E-state index contributed by atoms with van der Waals surface area (Å²) < 4.78 is 5.55. The van der Waals surface area contributed by atoms with Crippen LogP contribution < -0.4 is 10.5 Å². The first-order valence-corrected chi connectivity index (χ1v) is 5.14. The summed E-state index contributed by atoms with van der Waals surface area (Å²) in [5, 5.41) is 0. The summed E-state index contributed by atoms with van der Waals surface area (Å²) in [7, 11) is 0. The zero-order valence-electron chi connectivity index (χ0n) is 9.29. The van der Waals surface area contributed by atoms with Crippen LogP contribution in [0, 0.1) is 17.8 Å². The summed E-state index contributed by atoms with van der Waals surface area (Å²) in [4.78, 5) is 0. The third-order valence-corrected chi connectivity index (χ3v) is 1.77. The molecule has 1 rings (SSSR count). The van der Waals surface area contributed by atoms with Gasteiger partial charge in [-0.1, -0.05) is 25.7 Å². The molecule has 0 spiro atoms. The SMILES string of the molecule is CC(C)COc1ccc(C#CCN)cc1. The van der Waals surface area contributed by atoms with Gasteiger partial charge in [-0.05, 0) is 30.2 Å². The molecule has 0 radical (unpaired) electrons. The molecule has 2 N–H and O–H groups in total. The van der Waals surface area contributed by atoms with Crippen molar-refractivity contribution in [3.8, 4) is 17.6 Å². The van der Waals surface area contributed by atoms with Crippen LogP contribution in [0.3, 0.4) is 0 Å². The third kappa shape index (κ3) is 4.53. The van der Waals surface area contributed by atoms with Crippen molar-refractivity contribution in [1.29, 1.82) is 0 Å². The molecule has 1 aromatic rings. The van der Waals surface area contributed by atoms with Gasteiger partial charge in [0.2, 0.25) is 0 Å². The highest BCUT2D eigenvalue weighted by Crippen LogP contribution is 2.12. The summed E-state index contributed by atoms with van der Waals surface area (Å²) in [5.74, 6) is 7.21. The fraction of sp³-hybridized carbons (Fsp3) is 0.385. The minimum absolute atomic E-state index is 0.394. The molecule has 0 saturated heterocycles. The van der Waals surface area contributed by atoms with Crippen LogP contribution in [0.2, 0.25) is 0 Å². The zero-order valence-corrected chi connectivity index (χ0v) is 9.29. The molecule has 0 aromatic heterocycles. The second-order valence-electron chi connectivity index (χ2n) is 3.74. The molecule has 0 amide bonds. The third-order valence-electron chi connectivity index (χ3n) is 1.77. The maximum atomic E-state index is 5.55. The monoisotopic (exact) mass is 203 g/mol. The molecular formula is C13H17NO. The van der Waals surface area contributed by atoms with Crippen molar-refractivity contribution in [3.05, 3.63) is 29.8 Å². The molecule has 0 heterocycles. The van der Waals surface area contributed by atoms with E-state index in [2.05, 4.69) is 25.7 Å². The largest absolute Gasteiger partial charge is 0.493 e. The normalized spacial score (nSPS) is 9.60. The average molecular weight is 203 g/mol. The molecular weight excluding hydrogens is 186 g/mol. The van der Waals surface area contributed by atoms with E-state index < -0.39 is 0 Å². The summed E-state index contributed by atoms with van der Waals surface area (Å²) in [6, 6.07) is 7.75. The number of hydrogen-bond donors (Lipinski definition) is 1. The quantitative estimate of drug-likeness (QED) is 0.763. The maximum Gasteiger partial charge on any atom is 0.119 e. The molecule has 0 aliphatic carbocycles. The molecule has 15 heavy (non-hydrogen) atoms. The van der Waals surface area contributed by atoms with Gasteiger partial charge in [0.15, 0.2) is 0 Å². The molecule has 2 nitrogen and oxygen atoms in total. The predicted octanol–water partition coefficient (Wildman–Crippen LogP) is 2.03. The molecule has 0 fully saturated rings. The van der Waals surface area contributed by atoms with Crippen molar-refractivity contribution in [2.45, 2.75) is 13.8 Å². The Morgan fingerprint density at radius 2 is 1.93 bits per heavy atom. The lowest BCUT2D eigenvalue weighted by atomic mass is 10.2. The van der Waals surface area contributed by atoms with Gasteiger partial charge in [0, 0.05) is 5.56 Å². The van der Waals surface area contributed by atoms with Crippen molar-refractivity contribution in [3.63, 3.8) is 0 Å². The van der Waals surface area contributed by atoms with Gasteiger partial charge in [0.05, 0.1) is 13.2 Å². The second-order valence-corrected chi connectivity index (χ2v) is 3.74.